The molecule has 0 aliphatic rings. The van der Waals surface area contributed by atoms with Gasteiger partial charge in [-0.05, 0) is 38.0 Å². The van der Waals surface area contributed by atoms with Gasteiger partial charge in [0.05, 0.1) is 12.7 Å². The molecule has 0 aliphatic heterocycles. The van der Waals surface area contributed by atoms with Crippen LogP contribution >= 0.6 is 15.9 Å². The SMILES string of the molecule is CC(C)N(CCO)CCC(O)c1cccc(Br)c1. The Labute approximate surface area is 118 Å². The van der Waals surface area contributed by atoms with Crippen molar-refractivity contribution in [1.29, 1.82) is 0 Å². The molecule has 0 amide bonds. The first-order chi connectivity index (χ1) is 8.54. The van der Waals surface area contributed by atoms with Crippen molar-refractivity contribution in [2.45, 2.75) is 32.4 Å². The molecule has 1 aromatic carbocycles. The second-order valence-corrected chi connectivity index (χ2v) is 5.63. The van der Waals surface area contributed by atoms with Crippen LogP contribution in [-0.2, 0) is 0 Å². The Balaban J connectivity index is 2.51. The maximum Gasteiger partial charge on any atom is 0.0802 e. The van der Waals surface area contributed by atoms with Gasteiger partial charge in [-0.2, -0.15) is 0 Å². The van der Waals surface area contributed by atoms with Crippen molar-refractivity contribution in [2.24, 2.45) is 0 Å². The smallest absolute Gasteiger partial charge is 0.0802 e. The van der Waals surface area contributed by atoms with Gasteiger partial charge in [-0.3, -0.25) is 4.90 Å². The molecule has 0 bridgehead atoms. The van der Waals surface area contributed by atoms with E-state index in [1.807, 2.05) is 24.3 Å². The minimum absolute atomic E-state index is 0.158. The molecule has 0 aromatic heterocycles. The highest BCUT2D eigenvalue weighted by atomic mass is 79.9. The molecule has 0 radical (unpaired) electrons. The zero-order valence-electron chi connectivity index (χ0n) is 11.0. The molecule has 0 heterocycles. The molecule has 1 unspecified atom stereocenters. The molecule has 0 aliphatic carbocycles. The molecule has 0 fully saturated rings. The number of nitrogens with zero attached hydrogens (tertiary/aromatic N) is 1. The first-order valence-electron chi connectivity index (χ1n) is 6.33. The monoisotopic (exact) mass is 315 g/mol. The highest BCUT2D eigenvalue weighted by molar-refractivity contribution is 9.10. The number of aliphatic hydroxyl groups excluding tert-OH is 2. The van der Waals surface area contributed by atoms with E-state index in [1.54, 1.807) is 0 Å². The first-order valence-corrected chi connectivity index (χ1v) is 7.12. The predicted molar refractivity (Wildman–Crippen MR) is 77.5 cm³/mol. The van der Waals surface area contributed by atoms with Crippen LogP contribution in [0.2, 0.25) is 0 Å². The number of rotatable bonds is 7. The van der Waals surface area contributed by atoms with Crippen molar-refractivity contribution in [1.82, 2.24) is 4.90 Å². The van der Waals surface area contributed by atoms with E-state index in [1.165, 1.54) is 0 Å². The van der Waals surface area contributed by atoms with Gasteiger partial charge in [0.1, 0.15) is 0 Å². The van der Waals surface area contributed by atoms with Crippen LogP contribution in [0.5, 0.6) is 0 Å². The molecule has 4 heteroatoms. The normalized spacial score (nSPS) is 13.3. The van der Waals surface area contributed by atoms with E-state index >= 15 is 0 Å². The van der Waals surface area contributed by atoms with Gasteiger partial charge in [-0.1, -0.05) is 28.1 Å². The molecule has 18 heavy (non-hydrogen) atoms. The summed E-state index contributed by atoms with van der Waals surface area (Å²) >= 11 is 3.40. The van der Waals surface area contributed by atoms with Gasteiger partial charge < -0.3 is 10.2 Å². The van der Waals surface area contributed by atoms with Crippen LogP contribution in [-0.4, -0.2) is 40.9 Å². The first kappa shape index (κ1) is 15.6. The molecule has 0 saturated heterocycles. The van der Waals surface area contributed by atoms with Gasteiger partial charge in [0, 0.05) is 23.6 Å². The number of benzene rings is 1. The third-order valence-corrected chi connectivity index (χ3v) is 3.53. The molecule has 1 aromatic rings. The van der Waals surface area contributed by atoms with Crippen molar-refractivity contribution in [3.63, 3.8) is 0 Å². The van der Waals surface area contributed by atoms with E-state index in [0.29, 0.717) is 19.0 Å². The summed E-state index contributed by atoms with van der Waals surface area (Å²) in [7, 11) is 0. The molecule has 102 valence electrons. The average molecular weight is 316 g/mol. The molecule has 1 atom stereocenters. The topological polar surface area (TPSA) is 43.7 Å². The van der Waals surface area contributed by atoms with E-state index in [0.717, 1.165) is 16.6 Å². The fraction of sp³-hybridized carbons (Fsp3) is 0.571. The van der Waals surface area contributed by atoms with Crippen molar-refractivity contribution in [3.8, 4) is 0 Å². The van der Waals surface area contributed by atoms with Crippen molar-refractivity contribution < 1.29 is 10.2 Å². The predicted octanol–water partition coefficient (Wildman–Crippen LogP) is 2.58. The maximum atomic E-state index is 10.1. The Morgan fingerprint density at radius 1 is 1.28 bits per heavy atom. The Hall–Kier alpha value is -0.420. The molecule has 0 saturated carbocycles. The Kier molecular flexibility index (Phi) is 6.86. The van der Waals surface area contributed by atoms with E-state index in [-0.39, 0.29) is 6.61 Å². The highest BCUT2D eigenvalue weighted by Gasteiger charge is 2.13. The van der Waals surface area contributed by atoms with Crippen LogP contribution in [0, 0.1) is 0 Å². The van der Waals surface area contributed by atoms with Crippen LogP contribution < -0.4 is 0 Å². The second kappa shape index (κ2) is 7.89. The van der Waals surface area contributed by atoms with Crippen molar-refractivity contribution in [2.75, 3.05) is 19.7 Å². The zero-order chi connectivity index (χ0) is 13.5. The summed E-state index contributed by atoms with van der Waals surface area (Å²) < 4.78 is 0.982. The van der Waals surface area contributed by atoms with Gasteiger partial charge in [0.25, 0.3) is 0 Å². The third-order valence-electron chi connectivity index (χ3n) is 3.04. The van der Waals surface area contributed by atoms with Gasteiger partial charge >= 0.3 is 0 Å². The number of aliphatic hydroxyl groups is 2. The molecule has 1 rings (SSSR count). The lowest BCUT2D eigenvalue weighted by Gasteiger charge is -2.26. The average Bonchev–Trinajstić information content (AvgIpc) is 2.33. The molecular formula is C14H22BrNO2. The van der Waals surface area contributed by atoms with E-state index in [9.17, 15) is 5.11 Å². The second-order valence-electron chi connectivity index (χ2n) is 4.71. The Bertz CT molecular complexity index is 357. The lowest BCUT2D eigenvalue weighted by atomic mass is 10.1. The Morgan fingerprint density at radius 2 is 2.00 bits per heavy atom. The summed E-state index contributed by atoms with van der Waals surface area (Å²) in [5.74, 6) is 0. The molecule has 3 nitrogen and oxygen atoms in total. The van der Waals surface area contributed by atoms with Gasteiger partial charge in [0.2, 0.25) is 0 Å². The van der Waals surface area contributed by atoms with Crippen LogP contribution in [0.4, 0.5) is 0 Å². The minimum Gasteiger partial charge on any atom is -0.395 e. The summed E-state index contributed by atoms with van der Waals surface area (Å²) in [5.41, 5.74) is 0.928. The number of hydrogen-bond donors (Lipinski definition) is 2. The molecular weight excluding hydrogens is 294 g/mol. The van der Waals surface area contributed by atoms with Crippen LogP contribution in [0.1, 0.15) is 31.9 Å². The summed E-state index contributed by atoms with van der Waals surface area (Å²) in [6, 6.07) is 8.13. The van der Waals surface area contributed by atoms with Crippen molar-refractivity contribution >= 4 is 15.9 Å². The quantitative estimate of drug-likeness (QED) is 0.812. The van der Waals surface area contributed by atoms with Gasteiger partial charge in [-0.25, -0.2) is 0 Å². The van der Waals surface area contributed by atoms with Gasteiger partial charge in [-0.15, -0.1) is 0 Å². The molecule has 0 spiro atoms. The summed E-state index contributed by atoms with van der Waals surface area (Å²) in [4.78, 5) is 2.17. The number of halogens is 1. The third kappa shape index (κ3) is 5.06. The summed E-state index contributed by atoms with van der Waals surface area (Å²) in [6.07, 6.45) is 0.219. The lowest BCUT2D eigenvalue weighted by molar-refractivity contribution is 0.116. The fourth-order valence-electron chi connectivity index (χ4n) is 1.93. The van der Waals surface area contributed by atoms with Gasteiger partial charge in [0.15, 0.2) is 0 Å². The van der Waals surface area contributed by atoms with E-state index in [2.05, 4.69) is 34.7 Å². The fourth-order valence-corrected chi connectivity index (χ4v) is 2.34. The van der Waals surface area contributed by atoms with E-state index in [4.69, 9.17) is 5.11 Å². The highest BCUT2D eigenvalue weighted by Crippen LogP contribution is 2.21. The minimum atomic E-state index is -0.456. The Morgan fingerprint density at radius 3 is 2.56 bits per heavy atom. The summed E-state index contributed by atoms with van der Waals surface area (Å²) in [6.45, 7) is 5.79. The van der Waals surface area contributed by atoms with Crippen LogP contribution in [0.15, 0.2) is 28.7 Å². The van der Waals surface area contributed by atoms with E-state index < -0.39 is 6.10 Å². The largest absolute Gasteiger partial charge is 0.395 e. The van der Waals surface area contributed by atoms with Crippen LogP contribution in [0.3, 0.4) is 0 Å². The lowest BCUT2D eigenvalue weighted by Crippen LogP contribution is -2.35. The molecule has 2 N–H and O–H groups in total. The number of hydrogen-bond acceptors (Lipinski definition) is 3. The van der Waals surface area contributed by atoms with Crippen LogP contribution in [0.25, 0.3) is 0 Å². The maximum absolute atomic E-state index is 10.1. The van der Waals surface area contributed by atoms with Crippen molar-refractivity contribution in [3.05, 3.63) is 34.3 Å². The summed E-state index contributed by atoms with van der Waals surface area (Å²) in [5, 5.41) is 19.1. The standard InChI is InChI=1S/C14H22BrNO2/c1-11(2)16(8-9-17)7-6-14(18)12-4-3-5-13(15)10-12/h3-5,10-11,14,17-18H,6-9H2,1-2H3. The zero-order valence-corrected chi connectivity index (χ0v) is 12.6.